The monoisotopic (exact) mass is 560 g/mol. The first-order valence-electron chi connectivity index (χ1n) is 13.4. The number of carbonyl (C=O) groups is 4. The number of β-lactam (4-membered cyclic amide) rings is 1. The molecule has 2 amide bonds. The number of tetrazole rings is 1. The molecule has 5 rings (SSSR count). The molecule has 1 aromatic rings. The number of likely N-dealkylation sites (tertiary alicyclic amines) is 1. The van der Waals surface area contributed by atoms with Crippen LogP contribution in [-0.2, 0) is 25.7 Å². The number of hydrogen-bond acceptors (Lipinski definition) is 10. The maximum Gasteiger partial charge on any atom is 0.353 e. The highest BCUT2D eigenvalue weighted by Gasteiger charge is 2.60. The fraction of sp³-hybridized carbons (Fsp3) is 0.720. The van der Waals surface area contributed by atoms with Gasteiger partial charge in [0.2, 0.25) is 11.8 Å². The van der Waals surface area contributed by atoms with Crippen molar-refractivity contribution >= 4 is 35.3 Å². The normalized spacial score (nSPS) is 31.2. The zero-order chi connectivity index (χ0) is 28.0. The number of carboxylic acid groups (broad SMARTS) is 1. The van der Waals surface area contributed by atoms with Crippen molar-refractivity contribution in [3.05, 3.63) is 16.9 Å². The van der Waals surface area contributed by atoms with Gasteiger partial charge in [-0.15, -0.1) is 16.9 Å². The van der Waals surface area contributed by atoms with Gasteiger partial charge in [-0.3, -0.25) is 14.4 Å². The molecule has 7 atom stereocenters. The first kappa shape index (κ1) is 27.7. The largest absolute Gasteiger partial charge is 0.477 e. The Hall–Kier alpha value is -2.84. The predicted molar refractivity (Wildman–Crippen MR) is 141 cm³/mol. The Kier molecular flexibility index (Phi) is 7.80. The SMILES string of the molecule is C[C@@H](CC(=O)Cn1cnnn1)[C@H]1C(=O)N2C(C(=O)O)=C(S[C@@H]3CN[C@H](C(=O)N4CC[C@@H](N(C)C)C4)C3)[C@H](C)[C@H]12. The quantitative estimate of drug-likeness (QED) is 0.362. The summed E-state index contributed by atoms with van der Waals surface area (Å²) in [7, 11) is 4.06. The summed E-state index contributed by atoms with van der Waals surface area (Å²) in [5.74, 6) is -2.19. The van der Waals surface area contributed by atoms with Gasteiger partial charge >= 0.3 is 5.97 Å². The lowest BCUT2D eigenvalue weighted by molar-refractivity contribution is -0.160. The second-order valence-corrected chi connectivity index (χ2v) is 12.7. The molecule has 0 radical (unpaired) electrons. The number of aliphatic carboxylic acids is 1. The van der Waals surface area contributed by atoms with Crippen LogP contribution in [-0.4, -0.2) is 121 Å². The van der Waals surface area contributed by atoms with Crippen LogP contribution in [0.5, 0.6) is 0 Å². The third-order valence-corrected chi connectivity index (χ3v) is 10.1. The molecule has 0 bridgehead atoms. The Morgan fingerprint density at radius 1 is 1.31 bits per heavy atom. The Morgan fingerprint density at radius 3 is 2.72 bits per heavy atom. The molecule has 0 aliphatic carbocycles. The predicted octanol–water partition coefficient (Wildman–Crippen LogP) is -0.332. The maximum atomic E-state index is 13.2. The van der Waals surface area contributed by atoms with Gasteiger partial charge < -0.3 is 25.1 Å². The van der Waals surface area contributed by atoms with Crippen LogP contribution in [0.25, 0.3) is 0 Å². The lowest BCUT2D eigenvalue weighted by Crippen LogP contribution is -2.62. The number of amides is 2. The van der Waals surface area contributed by atoms with Crippen molar-refractivity contribution in [1.29, 1.82) is 0 Å². The molecule has 212 valence electrons. The van der Waals surface area contributed by atoms with Gasteiger partial charge in [0.1, 0.15) is 18.6 Å². The van der Waals surface area contributed by atoms with Gasteiger partial charge in [0.15, 0.2) is 5.78 Å². The fourth-order valence-corrected chi connectivity index (χ4v) is 7.97. The van der Waals surface area contributed by atoms with Crippen molar-refractivity contribution in [3.63, 3.8) is 0 Å². The van der Waals surface area contributed by atoms with Gasteiger partial charge in [0.25, 0.3) is 0 Å². The third kappa shape index (κ3) is 5.21. The van der Waals surface area contributed by atoms with Gasteiger partial charge in [-0.25, -0.2) is 9.48 Å². The summed E-state index contributed by atoms with van der Waals surface area (Å²) in [6.07, 6.45) is 3.12. The lowest BCUT2D eigenvalue weighted by Gasteiger charge is -2.47. The average Bonchev–Trinajstić information content (AvgIpc) is 3.67. The van der Waals surface area contributed by atoms with Crippen LogP contribution in [0.1, 0.15) is 33.1 Å². The zero-order valence-electron chi connectivity index (χ0n) is 22.7. The van der Waals surface area contributed by atoms with E-state index >= 15 is 0 Å². The van der Waals surface area contributed by atoms with Gasteiger partial charge in [-0.1, -0.05) is 13.8 Å². The van der Waals surface area contributed by atoms with Crippen molar-refractivity contribution in [2.24, 2.45) is 17.8 Å². The fourth-order valence-electron chi connectivity index (χ4n) is 6.50. The standard InChI is InChI=1S/C25H36N8O5S/c1-13(7-16(34)11-32-12-27-28-29-32)19-20-14(2)22(21(25(37)38)33(20)24(19)36)39-17-8-18(26-9-17)23(35)31-6-5-15(10-31)30(3)4/h12-15,17-20,26H,5-11H2,1-4H3,(H,37,38)/t13-,14+,15+,17-,18-,19+,20+/m0/s1. The van der Waals surface area contributed by atoms with E-state index in [1.54, 1.807) is 0 Å². The molecule has 0 aromatic carbocycles. The molecule has 0 saturated carbocycles. The molecular weight excluding hydrogens is 524 g/mol. The Bertz CT molecular complexity index is 1170. The van der Waals surface area contributed by atoms with Crippen LogP contribution in [0.3, 0.4) is 0 Å². The molecule has 3 saturated heterocycles. The highest BCUT2D eigenvalue weighted by atomic mass is 32.2. The Labute approximate surface area is 231 Å². The number of ketones is 1. The average molecular weight is 561 g/mol. The summed E-state index contributed by atoms with van der Waals surface area (Å²) in [6.45, 7) is 5.93. The number of aromatic nitrogens is 4. The second kappa shape index (κ2) is 11.0. The number of nitrogens with one attached hydrogen (secondary N) is 1. The summed E-state index contributed by atoms with van der Waals surface area (Å²) in [6, 6.07) is -0.205. The van der Waals surface area contributed by atoms with Crippen molar-refractivity contribution < 1.29 is 24.3 Å². The summed E-state index contributed by atoms with van der Waals surface area (Å²) in [5, 5.41) is 24.2. The van der Waals surface area contributed by atoms with E-state index in [-0.39, 0.29) is 65.4 Å². The van der Waals surface area contributed by atoms with E-state index in [0.29, 0.717) is 23.9 Å². The van der Waals surface area contributed by atoms with E-state index < -0.39 is 11.9 Å². The molecule has 0 spiro atoms. The van der Waals surface area contributed by atoms with Gasteiger partial charge in [-0.2, -0.15) is 0 Å². The highest BCUT2D eigenvalue weighted by molar-refractivity contribution is 8.03. The topological polar surface area (TPSA) is 154 Å². The minimum absolute atomic E-state index is 0.0283. The molecule has 4 aliphatic rings. The molecule has 39 heavy (non-hydrogen) atoms. The van der Waals surface area contributed by atoms with Crippen LogP contribution >= 0.6 is 11.8 Å². The summed E-state index contributed by atoms with van der Waals surface area (Å²) < 4.78 is 1.35. The lowest BCUT2D eigenvalue weighted by atomic mass is 9.73. The number of likely N-dealkylation sites (N-methyl/N-ethyl adjacent to an activating group) is 1. The van der Waals surface area contributed by atoms with Gasteiger partial charge in [-0.05, 0) is 43.3 Å². The van der Waals surface area contributed by atoms with Crippen LogP contribution in [0.2, 0.25) is 0 Å². The molecule has 0 unspecified atom stereocenters. The number of rotatable bonds is 10. The van der Waals surface area contributed by atoms with E-state index in [9.17, 15) is 24.3 Å². The molecule has 2 N–H and O–H groups in total. The molecule has 5 heterocycles. The maximum absolute atomic E-state index is 13.2. The number of fused-ring (bicyclic) bond motifs is 1. The van der Waals surface area contributed by atoms with Crippen LogP contribution in [0, 0.1) is 17.8 Å². The van der Waals surface area contributed by atoms with Crippen molar-refractivity contribution in [2.45, 2.75) is 63.0 Å². The Morgan fingerprint density at radius 2 is 2.08 bits per heavy atom. The number of carboxylic acids is 1. The molecule has 4 aliphatic heterocycles. The van der Waals surface area contributed by atoms with Crippen LogP contribution in [0.4, 0.5) is 0 Å². The van der Waals surface area contributed by atoms with E-state index in [1.165, 1.54) is 27.7 Å². The van der Waals surface area contributed by atoms with Crippen LogP contribution in [0.15, 0.2) is 16.9 Å². The zero-order valence-corrected chi connectivity index (χ0v) is 23.5. The van der Waals surface area contributed by atoms with Gasteiger partial charge in [0, 0.05) is 48.2 Å². The minimum atomic E-state index is -1.12. The van der Waals surface area contributed by atoms with E-state index in [2.05, 4.69) is 25.7 Å². The number of hydrogen-bond donors (Lipinski definition) is 2. The number of carbonyl (C=O) groups excluding carboxylic acids is 3. The summed E-state index contributed by atoms with van der Waals surface area (Å²) >= 11 is 1.48. The first-order chi connectivity index (χ1) is 18.6. The number of thioether (sulfide) groups is 1. The van der Waals surface area contributed by atoms with Crippen molar-refractivity contribution in [3.8, 4) is 0 Å². The molecular formula is C25H36N8O5S. The summed E-state index contributed by atoms with van der Waals surface area (Å²) in [5.41, 5.74) is 0.0501. The van der Waals surface area contributed by atoms with E-state index in [0.717, 1.165) is 19.5 Å². The molecule has 3 fully saturated rings. The van der Waals surface area contributed by atoms with E-state index in [1.807, 2.05) is 32.8 Å². The smallest absolute Gasteiger partial charge is 0.353 e. The van der Waals surface area contributed by atoms with Crippen LogP contribution < -0.4 is 5.32 Å². The third-order valence-electron chi connectivity index (χ3n) is 8.57. The van der Waals surface area contributed by atoms with Crippen molar-refractivity contribution in [2.75, 3.05) is 33.7 Å². The Balaban J connectivity index is 1.22. The molecule has 14 heteroatoms. The summed E-state index contributed by atoms with van der Waals surface area (Å²) in [4.78, 5) is 57.4. The number of nitrogens with zero attached hydrogens (tertiary/aromatic N) is 7. The minimum Gasteiger partial charge on any atom is -0.477 e. The van der Waals surface area contributed by atoms with E-state index in [4.69, 9.17) is 0 Å². The molecule has 13 nitrogen and oxygen atoms in total. The first-order valence-corrected chi connectivity index (χ1v) is 14.3. The number of Topliss-reactive ketones (excluding diaryl/α,β-unsaturated/α-hetero) is 1. The molecule has 1 aromatic heterocycles. The highest BCUT2D eigenvalue weighted by Crippen LogP contribution is 2.53. The van der Waals surface area contributed by atoms with Gasteiger partial charge in [0.05, 0.1) is 18.0 Å². The second-order valence-electron chi connectivity index (χ2n) is 11.4. The van der Waals surface area contributed by atoms with Crippen molar-refractivity contribution in [1.82, 2.24) is 40.2 Å².